The molecule has 0 aliphatic carbocycles. The second-order valence-corrected chi connectivity index (χ2v) is 5.90. The first-order chi connectivity index (χ1) is 8.63. The van der Waals surface area contributed by atoms with Gasteiger partial charge in [-0.25, -0.2) is 9.67 Å². The highest BCUT2D eigenvalue weighted by molar-refractivity contribution is 7.10. The molecular weight excluding hydrogens is 244 g/mol. The van der Waals surface area contributed by atoms with Gasteiger partial charge in [0.1, 0.15) is 12.2 Å². The summed E-state index contributed by atoms with van der Waals surface area (Å²) in [5, 5.41) is 9.77. The Morgan fingerprint density at radius 2 is 2.28 bits per heavy atom. The Hall–Kier alpha value is -1.20. The van der Waals surface area contributed by atoms with Crippen LogP contribution in [0.4, 0.5) is 0 Å². The lowest BCUT2D eigenvalue weighted by Crippen LogP contribution is -2.32. The normalized spacial score (nSPS) is 11.9. The summed E-state index contributed by atoms with van der Waals surface area (Å²) in [4.78, 5) is 5.67. The van der Waals surface area contributed by atoms with Crippen LogP contribution in [0.3, 0.4) is 0 Å². The first-order valence-corrected chi connectivity index (χ1v) is 7.13. The topological polar surface area (TPSA) is 42.7 Å². The molecule has 0 aliphatic heterocycles. The van der Waals surface area contributed by atoms with Crippen molar-refractivity contribution in [3.8, 4) is 0 Å². The third kappa shape index (κ3) is 2.97. The van der Waals surface area contributed by atoms with Crippen molar-refractivity contribution < 1.29 is 0 Å². The third-order valence-corrected chi connectivity index (χ3v) is 4.27. The summed E-state index contributed by atoms with van der Waals surface area (Å²) in [7, 11) is 0. The van der Waals surface area contributed by atoms with Crippen LogP contribution in [-0.4, -0.2) is 21.3 Å². The molecule has 0 aliphatic rings. The van der Waals surface area contributed by atoms with E-state index in [0.29, 0.717) is 0 Å². The lowest BCUT2D eigenvalue weighted by Gasteiger charge is -2.23. The van der Waals surface area contributed by atoms with Gasteiger partial charge in [-0.3, -0.25) is 0 Å². The Bertz CT molecular complexity index is 473. The SMILES string of the molecule is CCn1ncnc1CNCC(C)(C)c1cccs1. The number of nitrogens with zero attached hydrogens (tertiary/aromatic N) is 3. The third-order valence-electron chi connectivity index (χ3n) is 3.03. The maximum absolute atomic E-state index is 4.26. The van der Waals surface area contributed by atoms with Gasteiger partial charge in [-0.15, -0.1) is 11.3 Å². The molecule has 2 aromatic rings. The summed E-state index contributed by atoms with van der Waals surface area (Å²) in [6.45, 7) is 9.17. The first-order valence-electron chi connectivity index (χ1n) is 6.25. The highest BCUT2D eigenvalue weighted by Gasteiger charge is 2.21. The van der Waals surface area contributed by atoms with E-state index in [4.69, 9.17) is 0 Å². The minimum Gasteiger partial charge on any atom is -0.309 e. The lowest BCUT2D eigenvalue weighted by molar-refractivity contribution is 0.463. The van der Waals surface area contributed by atoms with Crippen LogP contribution in [0, 0.1) is 0 Å². The monoisotopic (exact) mass is 264 g/mol. The number of aryl methyl sites for hydroxylation is 1. The van der Waals surface area contributed by atoms with Crippen molar-refractivity contribution in [2.45, 2.75) is 39.3 Å². The fourth-order valence-electron chi connectivity index (χ4n) is 1.93. The lowest BCUT2D eigenvalue weighted by atomic mass is 9.91. The Balaban J connectivity index is 1.89. The maximum atomic E-state index is 4.26. The van der Waals surface area contributed by atoms with Gasteiger partial charge in [0.15, 0.2) is 0 Å². The zero-order valence-electron chi connectivity index (χ0n) is 11.2. The van der Waals surface area contributed by atoms with Crippen LogP contribution in [0.5, 0.6) is 0 Å². The van der Waals surface area contributed by atoms with E-state index in [1.165, 1.54) is 4.88 Å². The summed E-state index contributed by atoms with van der Waals surface area (Å²) < 4.78 is 1.92. The van der Waals surface area contributed by atoms with Crippen LogP contribution in [0.25, 0.3) is 0 Å². The van der Waals surface area contributed by atoms with Gasteiger partial charge in [0.25, 0.3) is 0 Å². The molecule has 0 fully saturated rings. The predicted molar refractivity (Wildman–Crippen MR) is 74.7 cm³/mol. The smallest absolute Gasteiger partial charge is 0.140 e. The Morgan fingerprint density at radius 1 is 1.44 bits per heavy atom. The minimum atomic E-state index is 0.158. The summed E-state index contributed by atoms with van der Waals surface area (Å²) in [6, 6.07) is 4.30. The van der Waals surface area contributed by atoms with Crippen LogP contribution < -0.4 is 5.32 Å². The Kier molecular flexibility index (Phi) is 4.14. The fraction of sp³-hybridized carbons (Fsp3) is 0.538. The highest BCUT2D eigenvalue weighted by atomic mass is 32.1. The number of nitrogens with one attached hydrogen (secondary N) is 1. The molecule has 2 aromatic heterocycles. The van der Waals surface area contributed by atoms with Gasteiger partial charge in [0.05, 0.1) is 6.54 Å². The van der Waals surface area contributed by atoms with Gasteiger partial charge >= 0.3 is 0 Å². The largest absolute Gasteiger partial charge is 0.309 e. The van der Waals surface area contributed by atoms with E-state index in [9.17, 15) is 0 Å². The minimum absolute atomic E-state index is 0.158. The number of hydrogen-bond donors (Lipinski definition) is 1. The van der Waals surface area contributed by atoms with Gasteiger partial charge in [-0.05, 0) is 18.4 Å². The van der Waals surface area contributed by atoms with Crippen molar-refractivity contribution in [2.75, 3.05) is 6.54 Å². The van der Waals surface area contributed by atoms with Gasteiger partial charge < -0.3 is 5.32 Å². The average Bonchev–Trinajstić information content (AvgIpc) is 2.99. The Labute approximate surface area is 112 Å². The van der Waals surface area contributed by atoms with Crippen molar-refractivity contribution >= 4 is 11.3 Å². The Morgan fingerprint density at radius 3 is 2.94 bits per heavy atom. The number of aromatic nitrogens is 3. The van der Waals surface area contributed by atoms with Gasteiger partial charge in [0, 0.05) is 23.4 Å². The molecule has 2 rings (SSSR count). The quantitative estimate of drug-likeness (QED) is 0.871. The molecule has 0 saturated heterocycles. The zero-order valence-corrected chi connectivity index (χ0v) is 12.0. The molecular formula is C13H20N4S. The van der Waals surface area contributed by atoms with Gasteiger partial charge in [-0.2, -0.15) is 5.10 Å². The molecule has 4 nitrogen and oxygen atoms in total. The number of rotatable bonds is 6. The van der Waals surface area contributed by atoms with E-state index in [-0.39, 0.29) is 5.41 Å². The first kappa shape index (κ1) is 13.2. The summed E-state index contributed by atoms with van der Waals surface area (Å²) >= 11 is 1.81. The van der Waals surface area contributed by atoms with Gasteiger partial charge in [-0.1, -0.05) is 19.9 Å². The molecule has 98 valence electrons. The standard InChI is InChI=1S/C13H20N4S/c1-4-17-12(15-10-16-17)8-14-9-13(2,3)11-6-5-7-18-11/h5-7,10,14H,4,8-9H2,1-3H3. The average molecular weight is 264 g/mol. The summed E-state index contributed by atoms with van der Waals surface area (Å²) in [5.41, 5.74) is 0.158. The van der Waals surface area contributed by atoms with Crippen molar-refractivity contribution in [3.05, 3.63) is 34.5 Å². The molecule has 18 heavy (non-hydrogen) atoms. The molecule has 1 N–H and O–H groups in total. The highest BCUT2D eigenvalue weighted by Crippen LogP contribution is 2.26. The van der Waals surface area contributed by atoms with Crippen LogP contribution in [0.15, 0.2) is 23.8 Å². The number of thiophene rings is 1. The predicted octanol–water partition coefficient (Wildman–Crippen LogP) is 2.43. The molecule has 0 aromatic carbocycles. The van der Waals surface area contributed by atoms with E-state index >= 15 is 0 Å². The fourth-order valence-corrected chi connectivity index (χ4v) is 2.78. The molecule has 0 unspecified atom stereocenters. The molecule has 0 atom stereocenters. The van der Waals surface area contributed by atoms with Crippen LogP contribution in [0.1, 0.15) is 31.5 Å². The van der Waals surface area contributed by atoms with E-state index in [1.807, 2.05) is 16.0 Å². The second-order valence-electron chi connectivity index (χ2n) is 4.96. The maximum Gasteiger partial charge on any atom is 0.140 e. The van der Waals surface area contributed by atoms with E-state index in [2.05, 4.69) is 53.7 Å². The van der Waals surface area contributed by atoms with Crippen LogP contribution in [-0.2, 0) is 18.5 Å². The molecule has 0 amide bonds. The van der Waals surface area contributed by atoms with Crippen LogP contribution >= 0.6 is 11.3 Å². The van der Waals surface area contributed by atoms with Crippen LogP contribution in [0.2, 0.25) is 0 Å². The van der Waals surface area contributed by atoms with Crippen molar-refractivity contribution in [3.63, 3.8) is 0 Å². The summed E-state index contributed by atoms with van der Waals surface area (Å²) in [6.07, 6.45) is 1.62. The summed E-state index contributed by atoms with van der Waals surface area (Å²) in [5.74, 6) is 1.000. The van der Waals surface area contributed by atoms with E-state index < -0.39 is 0 Å². The second kappa shape index (κ2) is 5.63. The molecule has 0 radical (unpaired) electrons. The van der Waals surface area contributed by atoms with E-state index in [0.717, 1.165) is 25.5 Å². The zero-order chi connectivity index (χ0) is 13.0. The number of hydrogen-bond acceptors (Lipinski definition) is 4. The molecule has 2 heterocycles. The van der Waals surface area contributed by atoms with Crippen molar-refractivity contribution in [1.29, 1.82) is 0 Å². The van der Waals surface area contributed by atoms with E-state index in [1.54, 1.807) is 6.33 Å². The molecule has 5 heteroatoms. The van der Waals surface area contributed by atoms with Gasteiger partial charge in [0.2, 0.25) is 0 Å². The molecule has 0 spiro atoms. The van der Waals surface area contributed by atoms with Crippen molar-refractivity contribution in [2.24, 2.45) is 0 Å². The molecule has 0 bridgehead atoms. The van der Waals surface area contributed by atoms with Crippen molar-refractivity contribution in [1.82, 2.24) is 20.1 Å². The molecule has 0 saturated carbocycles.